The summed E-state index contributed by atoms with van der Waals surface area (Å²) in [6.45, 7) is 19.3. The van der Waals surface area contributed by atoms with Crippen molar-refractivity contribution in [2.75, 3.05) is 13.2 Å². The van der Waals surface area contributed by atoms with E-state index in [0.29, 0.717) is 19.6 Å². The van der Waals surface area contributed by atoms with Gasteiger partial charge in [-0.05, 0) is 58.7 Å². The van der Waals surface area contributed by atoms with Crippen molar-refractivity contribution in [3.63, 3.8) is 0 Å². The molecule has 162 valence electrons. The number of ether oxygens (including phenoxy) is 2. The van der Waals surface area contributed by atoms with Gasteiger partial charge in [0.1, 0.15) is 5.60 Å². The van der Waals surface area contributed by atoms with Gasteiger partial charge in [-0.2, -0.15) is 0 Å². The van der Waals surface area contributed by atoms with E-state index in [-0.39, 0.29) is 29.2 Å². The van der Waals surface area contributed by atoms with Crippen LogP contribution in [0.5, 0.6) is 0 Å². The number of hydrogen-bond acceptors (Lipinski definition) is 5. The molecule has 0 aromatic heterocycles. The van der Waals surface area contributed by atoms with Gasteiger partial charge in [0.15, 0.2) is 8.32 Å². The monoisotopic (exact) mass is 413 g/mol. The Labute approximate surface area is 171 Å². The van der Waals surface area contributed by atoms with Crippen LogP contribution in [0.1, 0.15) is 61.3 Å². The predicted molar refractivity (Wildman–Crippen MR) is 114 cm³/mol. The summed E-state index contributed by atoms with van der Waals surface area (Å²) in [5.41, 5.74) is -0.555. The molecule has 6 nitrogen and oxygen atoms in total. The molecule has 0 bridgehead atoms. The van der Waals surface area contributed by atoms with Crippen LogP contribution in [-0.4, -0.2) is 56.2 Å². The molecular formula is C21H39NO5Si. The zero-order valence-corrected chi connectivity index (χ0v) is 20.1. The Balaban J connectivity index is 2.89. The molecule has 0 radical (unpaired) electrons. The van der Waals surface area contributed by atoms with Crippen molar-refractivity contribution in [2.45, 2.75) is 97.2 Å². The SMILES string of the molecule is CCOC(=O)C=CC[C@@H]1C[C@@H](O[Si](C)(C)C(C)(C)C)CN1C(=O)OC(C)(C)C. The van der Waals surface area contributed by atoms with E-state index in [1.807, 2.05) is 20.8 Å². The second-order valence-corrected chi connectivity index (χ2v) is 14.7. The summed E-state index contributed by atoms with van der Waals surface area (Å²) in [5, 5.41) is 0.103. The second kappa shape index (κ2) is 9.44. The van der Waals surface area contributed by atoms with E-state index in [2.05, 4.69) is 33.9 Å². The number of hydrogen-bond donors (Lipinski definition) is 0. The average Bonchev–Trinajstić information content (AvgIpc) is 2.86. The minimum Gasteiger partial charge on any atom is -0.463 e. The summed E-state index contributed by atoms with van der Waals surface area (Å²) in [4.78, 5) is 26.0. The van der Waals surface area contributed by atoms with E-state index in [0.717, 1.165) is 6.42 Å². The van der Waals surface area contributed by atoms with Gasteiger partial charge in [-0.25, -0.2) is 9.59 Å². The van der Waals surface area contributed by atoms with Crippen LogP contribution in [0.25, 0.3) is 0 Å². The maximum atomic E-state index is 12.7. The summed E-state index contributed by atoms with van der Waals surface area (Å²) in [6.07, 6.45) is 4.15. The third-order valence-electron chi connectivity index (χ3n) is 5.22. The third-order valence-corrected chi connectivity index (χ3v) is 9.76. The minimum atomic E-state index is -1.94. The Kier molecular flexibility index (Phi) is 8.32. The first kappa shape index (κ1) is 24.7. The van der Waals surface area contributed by atoms with Crippen LogP contribution in [0.3, 0.4) is 0 Å². The minimum absolute atomic E-state index is 0.0191. The fourth-order valence-corrected chi connectivity index (χ4v) is 4.19. The van der Waals surface area contributed by atoms with Crippen molar-refractivity contribution in [2.24, 2.45) is 0 Å². The van der Waals surface area contributed by atoms with Gasteiger partial charge in [0.05, 0.1) is 12.7 Å². The first-order valence-corrected chi connectivity index (χ1v) is 13.1. The van der Waals surface area contributed by atoms with Crippen LogP contribution in [0.4, 0.5) is 4.79 Å². The van der Waals surface area contributed by atoms with Gasteiger partial charge < -0.3 is 18.8 Å². The van der Waals surface area contributed by atoms with Crippen molar-refractivity contribution in [3.8, 4) is 0 Å². The molecule has 0 N–H and O–H groups in total. The first-order chi connectivity index (χ1) is 12.7. The lowest BCUT2D eigenvalue weighted by molar-refractivity contribution is -0.137. The Morgan fingerprint density at radius 2 is 1.75 bits per heavy atom. The Bertz CT molecular complexity index is 574. The average molecular weight is 414 g/mol. The molecule has 1 heterocycles. The lowest BCUT2D eigenvalue weighted by Gasteiger charge is -2.38. The molecule has 1 saturated heterocycles. The molecule has 1 aliphatic rings. The molecule has 0 saturated carbocycles. The zero-order chi connectivity index (χ0) is 21.8. The fraction of sp³-hybridized carbons (Fsp3) is 0.810. The summed E-state index contributed by atoms with van der Waals surface area (Å²) in [5.74, 6) is -0.363. The van der Waals surface area contributed by atoms with Crippen molar-refractivity contribution >= 4 is 20.4 Å². The number of esters is 1. The van der Waals surface area contributed by atoms with Gasteiger partial charge in [-0.15, -0.1) is 0 Å². The maximum absolute atomic E-state index is 12.7. The molecule has 1 amide bonds. The highest BCUT2D eigenvalue weighted by molar-refractivity contribution is 6.74. The van der Waals surface area contributed by atoms with Gasteiger partial charge in [-0.3, -0.25) is 0 Å². The second-order valence-electron chi connectivity index (χ2n) is 9.91. The lowest BCUT2D eigenvalue weighted by atomic mass is 10.1. The largest absolute Gasteiger partial charge is 0.463 e. The molecule has 1 rings (SSSR count). The lowest BCUT2D eigenvalue weighted by Crippen LogP contribution is -2.45. The summed E-state index contributed by atoms with van der Waals surface area (Å²) in [6, 6.07) is -0.0599. The summed E-state index contributed by atoms with van der Waals surface area (Å²) in [7, 11) is -1.94. The molecule has 0 unspecified atom stereocenters. The smallest absolute Gasteiger partial charge is 0.410 e. The number of rotatable bonds is 6. The Morgan fingerprint density at radius 1 is 1.14 bits per heavy atom. The van der Waals surface area contributed by atoms with Crippen molar-refractivity contribution in [3.05, 3.63) is 12.2 Å². The molecule has 0 aliphatic carbocycles. The molecule has 0 aromatic carbocycles. The molecule has 0 spiro atoms. The van der Waals surface area contributed by atoms with Gasteiger partial charge >= 0.3 is 12.1 Å². The highest BCUT2D eigenvalue weighted by atomic mass is 28.4. The van der Waals surface area contributed by atoms with Gasteiger partial charge in [-0.1, -0.05) is 26.8 Å². The van der Waals surface area contributed by atoms with E-state index >= 15 is 0 Å². The van der Waals surface area contributed by atoms with Gasteiger partial charge in [0.2, 0.25) is 0 Å². The van der Waals surface area contributed by atoms with E-state index in [4.69, 9.17) is 13.9 Å². The molecule has 2 atom stereocenters. The molecule has 28 heavy (non-hydrogen) atoms. The molecule has 1 fully saturated rings. The van der Waals surface area contributed by atoms with Gasteiger partial charge in [0.25, 0.3) is 0 Å². The summed E-state index contributed by atoms with van der Waals surface area (Å²) < 4.78 is 17.1. The van der Waals surface area contributed by atoms with Gasteiger partial charge in [0, 0.05) is 18.7 Å². The molecular weight excluding hydrogens is 374 g/mol. The van der Waals surface area contributed by atoms with Crippen LogP contribution in [0.2, 0.25) is 18.1 Å². The van der Waals surface area contributed by atoms with Crippen LogP contribution in [-0.2, 0) is 18.7 Å². The zero-order valence-electron chi connectivity index (χ0n) is 19.1. The van der Waals surface area contributed by atoms with Crippen molar-refractivity contribution < 1.29 is 23.5 Å². The molecule has 7 heteroatoms. The van der Waals surface area contributed by atoms with Crippen molar-refractivity contribution in [1.29, 1.82) is 0 Å². The standard InChI is InChI=1S/C21H39NO5Si/c1-10-25-18(23)13-11-12-16-14-17(27-28(8,9)21(5,6)7)15-22(16)19(24)26-20(2,3)4/h11,13,16-17H,10,12,14-15H2,1-9H3/t16-,17-/m1/s1. The number of carbonyl (C=O) groups excluding carboxylic acids is 2. The summed E-state index contributed by atoms with van der Waals surface area (Å²) >= 11 is 0. The maximum Gasteiger partial charge on any atom is 0.410 e. The molecule has 1 aliphatic heterocycles. The first-order valence-electron chi connectivity index (χ1n) is 10.2. The van der Waals surface area contributed by atoms with Crippen LogP contribution in [0.15, 0.2) is 12.2 Å². The number of nitrogens with zero attached hydrogens (tertiary/aromatic N) is 1. The number of amides is 1. The fourth-order valence-electron chi connectivity index (χ4n) is 2.83. The third kappa shape index (κ3) is 7.58. The van der Waals surface area contributed by atoms with E-state index in [1.54, 1.807) is 17.9 Å². The van der Waals surface area contributed by atoms with E-state index in [9.17, 15) is 9.59 Å². The highest BCUT2D eigenvalue weighted by Crippen LogP contribution is 2.39. The van der Waals surface area contributed by atoms with Crippen LogP contribution < -0.4 is 0 Å². The molecule has 0 aromatic rings. The number of carbonyl (C=O) groups is 2. The highest BCUT2D eigenvalue weighted by Gasteiger charge is 2.44. The quantitative estimate of drug-likeness (QED) is 0.352. The van der Waals surface area contributed by atoms with Crippen LogP contribution in [0, 0.1) is 0 Å². The van der Waals surface area contributed by atoms with Crippen molar-refractivity contribution in [1.82, 2.24) is 4.90 Å². The normalized spacial score (nSPS) is 21.2. The Hall–Kier alpha value is -1.34. The van der Waals surface area contributed by atoms with E-state index < -0.39 is 13.9 Å². The van der Waals surface area contributed by atoms with E-state index in [1.165, 1.54) is 6.08 Å². The van der Waals surface area contributed by atoms with Crippen LogP contribution >= 0.6 is 0 Å². The Morgan fingerprint density at radius 3 is 2.25 bits per heavy atom. The predicted octanol–water partition coefficient (Wildman–Crippen LogP) is 4.90. The number of likely N-dealkylation sites (tertiary alicyclic amines) is 1. The topological polar surface area (TPSA) is 65.1 Å².